The van der Waals surface area contributed by atoms with Crippen molar-refractivity contribution < 1.29 is 0 Å². The highest BCUT2D eigenvalue weighted by Gasteiger charge is 2.32. The fraction of sp³-hybridized carbons (Fsp3) is 0.647. The molecule has 2 unspecified atom stereocenters. The molecule has 100 valence electrons. The van der Waals surface area contributed by atoms with Crippen LogP contribution in [0, 0.1) is 25.2 Å². The highest BCUT2D eigenvalue weighted by molar-refractivity contribution is 5.54. The Morgan fingerprint density at radius 2 is 1.94 bits per heavy atom. The zero-order chi connectivity index (χ0) is 13.3. The molecule has 1 heteroatoms. The Morgan fingerprint density at radius 3 is 2.61 bits per heavy atom. The highest BCUT2D eigenvalue weighted by atomic mass is 14.9. The summed E-state index contributed by atoms with van der Waals surface area (Å²) in [4.78, 5) is 0. The van der Waals surface area contributed by atoms with E-state index in [0.717, 1.165) is 5.92 Å². The number of aryl methyl sites for hydroxylation is 1. The van der Waals surface area contributed by atoms with Crippen molar-refractivity contribution in [3.8, 4) is 0 Å². The van der Waals surface area contributed by atoms with Gasteiger partial charge in [0.15, 0.2) is 0 Å². The molecule has 0 aliphatic heterocycles. The number of rotatable bonds is 2. The predicted octanol–water partition coefficient (Wildman–Crippen LogP) is 4.93. The van der Waals surface area contributed by atoms with Gasteiger partial charge < -0.3 is 5.32 Å². The Morgan fingerprint density at radius 1 is 1.22 bits per heavy atom. The summed E-state index contributed by atoms with van der Waals surface area (Å²) >= 11 is 0. The third-order valence-electron chi connectivity index (χ3n) is 4.64. The molecule has 0 bridgehead atoms. The summed E-state index contributed by atoms with van der Waals surface area (Å²) in [7, 11) is 0. The van der Waals surface area contributed by atoms with Gasteiger partial charge in [-0.25, -0.2) is 0 Å². The highest BCUT2D eigenvalue weighted by Crippen LogP contribution is 2.39. The molecule has 1 saturated carbocycles. The first-order chi connectivity index (χ1) is 8.39. The zero-order valence-corrected chi connectivity index (χ0v) is 12.5. The summed E-state index contributed by atoms with van der Waals surface area (Å²) in [6.45, 7) is 11.6. The molecule has 1 nitrogen and oxygen atoms in total. The van der Waals surface area contributed by atoms with Crippen LogP contribution in [0.2, 0.25) is 0 Å². The van der Waals surface area contributed by atoms with E-state index in [-0.39, 0.29) is 0 Å². The normalized spacial score (nSPS) is 26.9. The molecule has 0 aromatic heterocycles. The first-order valence-corrected chi connectivity index (χ1v) is 7.22. The topological polar surface area (TPSA) is 12.0 Å². The van der Waals surface area contributed by atoms with Crippen LogP contribution in [0.3, 0.4) is 0 Å². The first-order valence-electron chi connectivity index (χ1n) is 7.22. The lowest BCUT2D eigenvalue weighted by Crippen LogP contribution is -2.37. The van der Waals surface area contributed by atoms with Crippen molar-refractivity contribution >= 4 is 5.69 Å². The van der Waals surface area contributed by atoms with Gasteiger partial charge >= 0.3 is 0 Å². The van der Waals surface area contributed by atoms with E-state index in [1.807, 2.05) is 0 Å². The molecule has 18 heavy (non-hydrogen) atoms. The van der Waals surface area contributed by atoms with Crippen LogP contribution in [0.15, 0.2) is 18.2 Å². The van der Waals surface area contributed by atoms with Gasteiger partial charge in [0.05, 0.1) is 0 Å². The van der Waals surface area contributed by atoms with E-state index < -0.39 is 0 Å². The number of anilines is 1. The standard InChI is InChI=1S/C17H27N/c1-12-7-6-8-16(14(12)3)18-15-9-10-17(4,5)11-13(15)2/h6-8,13,15,18H,9-11H2,1-5H3. The molecular weight excluding hydrogens is 218 g/mol. The number of benzene rings is 1. The summed E-state index contributed by atoms with van der Waals surface area (Å²) in [6.07, 6.45) is 3.96. The molecule has 1 aromatic carbocycles. The van der Waals surface area contributed by atoms with E-state index in [1.165, 1.54) is 36.1 Å². The van der Waals surface area contributed by atoms with Crippen molar-refractivity contribution in [2.45, 2.75) is 59.9 Å². The molecule has 1 aromatic rings. The lowest BCUT2D eigenvalue weighted by Gasteiger charge is -2.40. The Labute approximate surface area is 112 Å². The molecule has 0 saturated heterocycles. The average molecular weight is 245 g/mol. The van der Waals surface area contributed by atoms with Gasteiger partial charge in [0, 0.05) is 11.7 Å². The second-order valence-corrected chi connectivity index (χ2v) is 6.88. The molecule has 0 amide bonds. The Kier molecular flexibility index (Phi) is 3.70. The Hall–Kier alpha value is -0.980. The minimum absolute atomic E-state index is 0.527. The fourth-order valence-electron chi connectivity index (χ4n) is 3.27. The van der Waals surface area contributed by atoms with Gasteiger partial charge in [-0.1, -0.05) is 32.9 Å². The molecule has 1 aliphatic rings. The molecule has 1 aliphatic carbocycles. The molecule has 2 atom stereocenters. The minimum atomic E-state index is 0.527. The van der Waals surface area contributed by atoms with E-state index in [0.29, 0.717) is 11.5 Å². The molecular formula is C17H27N. The largest absolute Gasteiger partial charge is 0.382 e. The van der Waals surface area contributed by atoms with Gasteiger partial charge in [0.2, 0.25) is 0 Å². The smallest absolute Gasteiger partial charge is 0.0374 e. The lowest BCUT2D eigenvalue weighted by atomic mass is 9.70. The predicted molar refractivity (Wildman–Crippen MR) is 80.1 cm³/mol. The average Bonchev–Trinajstić information content (AvgIpc) is 2.27. The number of hydrogen-bond donors (Lipinski definition) is 1. The summed E-state index contributed by atoms with van der Waals surface area (Å²) < 4.78 is 0. The van der Waals surface area contributed by atoms with Crippen LogP contribution in [0.4, 0.5) is 5.69 Å². The maximum absolute atomic E-state index is 3.78. The maximum Gasteiger partial charge on any atom is 0.0374 e. The summed E-state index contributed by atoms with van der Waals surface area (Å²) in [5.41, 5.74) is 4.63. The van der Waals surface area contributed by atoms with Gasteiger partial charge in [-0.2, -0.15) is 0 Å². The van der Waals surface area contributed by atoms with E-state index in [9.17, 15) is 0 Å². The van der Waals surface area contributed by atoms with Crippen LogP contribution in [0.5, 0.6) is 0 Å². The second kappa shape index (κ2) is 4.95. The van der Waals surface area contributed by atoms with Crippen LogP contribution in [0.25, 0.3) is 0 Å². The maximum atomic E-state index is 3.78. The van der Waals surface area contributed by atoms with Gasteiger partial charge in [-0.15, -0.1) is 0 Å². The van der Waals surface area contributed by atoms with Gasteiger partial charge in [0.1, 0.15) is 0 Å². The second-order valence-electron chi connectivity index (χ2n) is 6.88. The monoisotopic (exact) mass is 245 g/mol. The summed E-state index contributed by atoms with van der Waals surface area (Å²) in [6, 6.07) is 7.20. The van der Waals surface area contributed by atoms with Crippen molar-refractivity contribution in [3.63, 3.8) is 0 Å². The van der Waals surface area contributed by atoms with Crippen molar-refractivity contribution in [1.29, 1.82) is 0 Å². The first kappa shape index (κ1) is 13.5. The summed E-state index contributed by atoms with van der Waals surface area (Å²) in [5, 5.41) is 3.78. The van der Waals surface area contributed by atoms with Gasteiger partial charge in [-0.05, 0) is 61.6 Å². The van der Waals surface area contributed by atoms with Crippen molar-refractivity contribution in [1.82, 2.24) is 0 Å². The number of nitrogens with one attached hydrogen (secondary N) is 1. The van der Waals surface area contributed by atoms with Crippen molar-refractivity contribution in [3.05, 3.63) is 29.3 Å². The fourth-order valence-corrected chi connectivity index (χ4v) is 3.27. The van der Waals surface area contributed by atoms with Crippen molar-refractivity contribution in [2.24, 2.45) is 11.3 Å². The molecule has 0 spiro atoms. The third-order valence-corrected chi connectivity index (χ3v) is 4.64. The Balaban J connectivity index is 2.08. The molecule has 2 rings (SSSR count). The van der Waals surface area contributed by atoms with Crippen molar-refractivity contribution in [2.75, 3.05) is 5.32 Å². The van der Waals surface area contributed by atoms with E-state index in [1.54, 1.807) is 0 Å². The van der Waals surface area contributed by atoms with Gasteiger partial charge in [-0.3, -0.25) is 0 Å². The van der Waals surface area contributed by atoms with Gasteiger partial charge in [0.25, 0.3) is 0 Å². The quantitative estimate of drug-likeness (QED) is 0.779. The number of hydrogen-bond acceptors (Lipinski definition) is 1. The Bertz CT molecular complexity index is 420. The third kappa shape index (κ3) is 2.88. The van der Waals surface area contributed by atoms with Crippen LogP contribution < -0.4 is 5.32 Å². The zero-order valence-electron chi connectivity index (χ0n) is 12.5. The SMILES string of the molecule is Cc1cccc(NC2CCC(C)(C)CC2C)c1C. The molecule has 1 fully saturated rings. The van der Waals surface area contributed by atoms with E-state index >= 15 is 0 Å². The van der Waals surface area contributed by atoms with Crippen LogP contribution in [-0.2, 0) is 0 Å². The van der Waals surface area contributed by atoms with E-state index in [4.69, 9.17) is 0 Å². The van der Waals surface area contributed by atoms with E-state index in [2.05, 4.69) is 58.1 Å². The van der Waals surface area contributed by atoms with Crippen LogP contribution in [-0.4, -0.2) is 6.04 Å². The van der Waals surface area contributed by atoms with Crippen LogP contribution >= 0.6 is 0 Å². The van der Waals surface area contributed by atoms with Crippen LogP contribution in [0.1, 0.15) is 51.2 Å². The molecule has 0 radical (unpaired) electrons. The lowest BCUT2D eigenvalue weighted by molar-refractivity contribution is 0.177. The minimum Gasteiger partial charge on any atom is -0.382 e. The molecule has 1 N–H and O–H groups in total. The summed E-state index contributed by atoms with van der Waals surface area (Å²) in [5.74, 6) is 0.758. The molecule has 0 heterocycles.